The lowest BCUT2D eigenvalue weighted by atomic mass is 10.3. The van der Waals surface area contributed by atoms with Crippen molar-refractivity contribution >= 4 is 27.7 Å². The van der Waals surface area contributed by atoms with Crippen LogP contribution in [0.1, 0.15) is 10.5 Å². The van der Waals surface area contributed by atoms with Gasteiger partial charge in [-0.2, -0.15) is 0 Å². The van der Waals surface area contributed by atoms with E-state index in [1.54, 1.807) is 26.2 Å². The fraction of sp³-hybridized carbons (Fsp3) is 0.444. The molecule has 18 heavy (non-hydrogen) atoms. The standard InChI is InChI=1S/C9H14N4O3S2/c1-13(2)9(14)7-3-4-8(12-11-7)17-5-6-18(10,15)16/h3-4H,5-6H2,1-2H3,(H2,10,15,16). The molecule has 0 aliphatic carbocycles. The van der Waals surface area contributed by atoms with Gasteiger partial charge in [0.2, 0.25) is 10.0 Å². The van der Waals surface area contributed by atoms with E-state index in [1.807, 2.05) is 0 Å². The second-order valence-electron chi connectivity index (χ2n) is 3.67. The van der Waals surface area contributed by atoms with E-state index in [2.05, 4.69) is 10.2 Å². The zero-order valence-corrected chi connectivity index (χ0v) is 11.7. The molecule has 1 aromatic rings. The van der Waals surface area contributed by atoms with Gasteiger partial charge in [-0.3, -0.25) is 4.79 Å². The van der Waals surface area contributed by atoms with Gasteiger partial charge in [-0.1, -0.05) is 0 Å². The summed E-state index contributed by atoms with van der Waals surface area (Å²) >= 11 is 1.22. The molecule has 7 nitrogen and oxygen atoms in total. The predicted molar refractivity (Wildman–Crippen MR) is 68.7 cm³/mol. The summed E-state index contributed by atoms with van der Waals surface area (Å²) in [5.41, 5.74) is 0.246. The topological polar surface area (TPSA) is 106 Å². The Morgan fingerprint density at radius 3 is 2.50 bits per heavy atom. The first kappa shape index (κ1) is 14.9. The van der Waals surface area contributed by atoms with Gasteiger partial charge in [0.15, 0.2) is 5.69 Å². The number of amides is 1. The van der Waals surface area contributed by atoms with E-state index in [1.165, 1.54) is 16.7 Å². The third kappa shape index (κ3) is 4.98. The smallest absolute Gasteiger partial charge is 0.273 e. The number of carbonyl (C=O) groups is 1. The van der Waals surface area contributed by atoms with Crippen molar-refractivity contribution in [3.8, 4) is 0 Å². The van der Waals surface area contributed by atoms with Crippen LogP contribution in [-0.4, -0.2) is 55.0 Å². The summed E-state index contributed by atoms with van der Waals surface area (Å²) < 4.78 is 21.4. The van der Waals surface area contributed by atoms with E-state index in [0.717, 1.165) is 0 Å². The van der Waals surface area contributed by atoms with Crippen molar-refractivity contribution in [2.75, 3.05) is 25.6 Å². The fourth-order valence-corrected chi connectivity index (χ4v) is 2.74. The first-order chi connectivity index (χ1) is 8.29. The lowest BCUT2D eigenvalue weighted by Crippen LogP contribution is -2.23. The largest absolute Gasteiger partial charge is 0.343 e. The molecule has 0 bridgehead atoms. The molecule has 0 radical (unpaired) electrons. The van der Waals surface area contributed by atoms with Gasteiger partial charge in [-0.25, -0.2) is 13.6 Å². The Balaban J connectivity index is 2.58. The van der Waals surface area contributed by atoms with Crippen molar-refractivity contribution in [3.63, 3.8) is 0 Å². The van der Waals surface area contributed by atoms with Crippen molar-refractivity contribution in [1.29, 1.82) is 0 Å². The third-order valence-electron chi connectivity index (χ3n) is 1.88. The molecule has 0 spiro atoms. The van der Waals surface area contributed by atoms with Gasteiger partial charge in [0, 0.05) is 19.8 Å². The van der Waals surface area contributed by atoms with Crippen LogP contribution in [0.2, 0.25) is 0 Å². The molecule has 1 heterocycles. The number of sulfonamides is 1. The average molecular weight is 290 g/mol. The summed E-state index contributed by atoms with van der Waals surface area (Å²) in [6, 6.07) is 3.17. The minimum absolute atomic E-state index is 0.127. The van der Waals surface area contributed by atoms with E-state index >= 15 is 0 Å². The molecular formula is C9H14N4O3S2. The van der Waals surface area contributed by atoms with E-state index in [0.29, 0.717) is 10.8 Å². The number of nitrogens with zero attached hydrogens (tertiary/aromatic N) is 3. The summed E-state index contributed by atoms with van der Waals surface area (Å²) in [4.78, 5) is 12.9. The Morgan fingerprint density at radius 2 is 2.06 bits per heavy atom. The zero-order valence-electron chi connectivity index (χ0n) is 10.0. The Kier molecular flexibility index (Phi) is 5.05. The minimum Gasteiger partial charge on any atom is -0.343 e. The monoisotopic (exact) mass is 290 g/mol. The van der Waals surface area contributed by atoms with Gasteiger partial charge in [-0.15, -0.1) is 22.0 Å². The molecule has 0 aliphatic rings. The van der Waals surface area contributed by atoms with Gasteiger partial charge in [0.1, 0.15) is 5.03 Å². The van der Waals surface area contributed by atoms with Crippen LogP contribution in [0.5, 0.6) is 0 Å². The number of nitrogens with two attached hydrogens (primary N) is 1. The number of aromatic nitrogens is 2. The zero-order chi connectivity index (χ0) is 13.8. The Hall–Kier alpha value is -1.19. The SMILES string of the molecule is CN(C)C(=O)c1ccc(SCCS(N)(=O)=O)nn1. The van der Waals surface area contributed by atoms with Gasteiger partial charge >= 0.3 is 0 Å². The molecule has 0 unspecified atom stereocenters. The lowest BCUT2D eigenvalue weighted by Gasteiger charge is -2.08. The normalized spacial score (nSPS) is 11.3. The second kappa shape index (κ2) is 6.12. The highest BCUT2D eigenvalue weighted by molar-refractivity contribution is 8.00. The molecule has 0 aliphatic heterocycles. The van der Waals surface area contributed by atoms with Crippen LogP contribution >= 0.6 is 11.8 Å². The number of thioether (sulfide) groups is 1. The summed E-state index contributed by atoms with van der Waals surface area (Å²) in [6.45, 7) is 0. The molecule has 0 saturated heterocycles. The highest BCUT2D eigenvalue weighted by Crippen LogP contribution is 2.14. The highest BCUT2D eigenvalue weighted by Gasteiger charge is 2.10. The Morgan fingerprint density at radius 1 is 1.39 bits per heavy atom. The molecule has 2 N–H and O–H groups in total. The van der Waals surface area contributed by atoms with E-state index in [9.17, 15) is 13.2 Å². The number of hydrogen-bond acceptors (Lipinski definition) is 6. The van der Waals surface area contributed by atoms with Crippen LogP contribution in [0.25, 0.3) is 0 Å². The molecule has 1 amide bonds. The van der Waals surface area contributed by atoms with Gasteiger partial charge in [0.05, 0.1) is 5.75 Å². The quantitative estimate of drug-likeness (QED) is 0.737. The number of rotatable bonds is 5. The Labute approximate surface area is 110 Å². The number of primary sulfonamides is 1. The maximum Gasteiger partial charge on any atom is 0.273 e. The molecular weight excluding hydrogens is 276 g/mol. The highest BCUT2D eigenvalue weighted by atomic mass is 32.2. The maximum absolute atomic E-state index is 11.5. The summed E-state index contributed by atoms with van der Waals surface area (Å²) in [7, 11) is -0.209. The van der Waals surface area contributed by atoms with Crippen molar-refractivity contribution in [1.82, 2.24) is 15.1 Å². The Bertz CT molecular complexity index is 513. The summed E-state index contributed by atoms with van der Waals surface area (Å²) in [6.07, 6.45) is 0. The van der Waals surface area contributed by atoms with Crippen molar-refractivity contribution in [2.24, 2.45) is 5.14 Å². The van der Waals surface area contributed by atoms with Crippen LogP contribution in [-0.2, 0) is 10.0 Å². The maximum atomic E-state index is 11.5. The third-order valence-corrected chi connectivity index (χ3v) is 3.84. The van der Waals surface area contributed by atoms with Gasteiger partial charge in [-0.05, 0) is 12.1 Å². The van der Waals surface area contributed by atoms with E-state index in [-0.39, 0.29) is 17.4 Å². The van der Waals surface area contributed by atoms with E-state index < -0.39 is 10.0 Å². The average Bonchev–Trinajstić information content (AvgIpc) is 2.27. The first-order valence-electron chi connectivity index (χ1n) is 4.98. The number of carbonyl (C=O) groups excluding carboxylic acids is 1. The van der Waals surface area contributed by atoms with Crippen LogP contribution in [0.3, 0.4) is 0 Å². The lowest BCUT2D eigenvalue weighted by molar-refractivity contribution is 0.0820. The van der Waals surface area contributed by atoms with Crippen LogP contribution in [0.4, 0.5) is 0 Å². The predicted octanol–water partition coefficient (Wildman–Crippen LogP) is -0.441. The van der Waals surface area contributed by atoms with Crippen LogP contribution in [0, 0.1) is 0 Å². The molecule has 1 rings (SSSR count). The molecule has 9 heteroatoms. The number of hydrogen-bond donors (Lipinski definition) is 1. The van der Waals surface area contributed by atoms with Crippen LogP contribution in [0.15, 0.2) is 17.2 Å². The summed E-state index contributed by atoms with van der Waals surface area (Å²) in [5, 5.41) is 13.0. The first-order valence-corrected chi connectivity index (χ1v) is 7.68. The fourth-order valence-electron chi connectivity index (χ4n) is 1.00. The van der Waals surface area contributed by atoms with E-state index in [4.69, 9.17) is 5.14 Å². The molecule has 1 aromatic heterocycles. The molecule has 0 saturated carbocycles. The summed E-state index contributed by atoms with van der Waals surface area (Å²) in [5.74, 6) is -0.0600. The van der Waals surface area contributed by atoms with Crippen molar-refractivity contribution in [3.05, 3.63) is 17.8 Å². The molecule has 0 aromatic carbocycles. The van der Waals surface area contributed by atoms with Crippen molar-refractivity contribution in [2.45, 2.75) is 5.03 Å². The molecule has 100 valence electrons. The van der Waals surface area contributed by atoms with Crippen LogP contribution < -0.4 is 5.14 Å². The van der Waals surface area contributed by atoms with Gasteiger partial charge < -0.3 is 4.90 Å². The minimum atomic E-state index is -3.46. The molecule has 0 atom stereocenters. The second-order valence-corrected chi connectivity index (χ2v) is 6.52. The van der Waals surface area contributed by atoms with Gasteiger partial charge in [0.25, 0.3) is 5.91 Å². The van der Waals surface area contributed by atoms with Crippen molar-refractivity contribution < 1.29 is 13.2 Å². The molecule has 0 fully saturated rings.